The lowest BCUT2D eigenvalue weighted by Gasteiger charge is -2.33. The molecule has 2 aliphatic rings. The number of hydrogen-bond donors (Lipinski definition) is 2. The lowest BCUT2D eigenvalue weighted by atomic mass is 10.0. The van der Waals surface area contributed by atoms with Crippen LogP contribution in [-0.4, -0.2) is 23.8 Å². The quantitative estimate of drug-likeness (QED) is 0.822. The molecule has 140 valence electrons. The Morgan fingerprint density at radius 2 is 2.11 bits per heavy atom. The molecule has 4 rings (SSSR count). The highest BCUT2D eigenvalue weighted by molar-refractivity contribution is 8.13. The smallest absolute Gasteiger partial charge is 0.241 e. The molecule has 2 aromatic rings. The molecule has 2 atom stereocenters. The summed E-state index contributed by atoms with van der Waals surface area (Å²) in [6.07, 6.45) is -0.323. The van der Waals surface area contributed by atoms with Gasteiger partial charge in [0.15, 0.2) is 5.17 Å². The normalized spacial score (nSPS) is 22.0. The molecule has 2 unspecified atom stereocenters. The summed E-state index contributed by atoms with van der Waals surface area (Å²) in [5.74, 6) is -0.230. The van der Waals surface area contributed by atoms with Crippen molar-refractivity contribution in [1.82, 2.24) is 10.9 Å². The van der Waals surface area contributed by atoms with E-state index in [2.05, 4.69) is 10.9 Å². The Morgan fingerprint density at radius 1 is 1.30 bits per heavy atom. The van der Waals surface area contributed by atoms with Crippen LogP contribution in [0.3, 0.4) is 0 Å². The third-order valence-corrected chi connectivity index (χ3v) is 6.14. The van der Waals surface area contributed by atoms with E-state index in [0.29, 0.717) is 33.7 Å². The van der Waals surface area contributed by atoms with Gasteiger partial charge in [0, 0.05) is 17.3 Å². The lowest BCUT2D eigenvalue weighted by molar-refractivity contribution is -0.121. The number of nitrogens with zero attached hydrogens (tertiary/aromatic N) is 2. The summed E-state index contributed by atoms with van der Waals surface area (Å²) in [7, 11) is 0. The van der Waals surface area contributed by atoms with Crippen LogP contribution in [0.15, 0.2) is 47.5 Å². The predicted octanol–water partition coefficient (Wildman–Crippen LogP) is 3.47. The molecule has 0 saturated carbocycles. The highest BCUT2D eigenvalue weighted by atomic mass is 35.5. The molecule has 1 fully saturated rings. The molecule has 0 spiro atoms. The van der Waals surface area contributed by atoms with Crippen molar-refractivity contribution in [2.75, 3.05) is 11.4 Å². The molecule has 1 amide bonds. The predicted molar refractivity (Wildman–Crippen MR) is 107 cm³/mol. The van der Waals surface area contributed by atoms with Crippen molar-refractivity contribution in [3.63, 3.8) is 0 Å². The van der Waals surface area contributed by atoms with E-state index in [4.69, 9.17) is 16.6 Å². The van der Waals surface area contributed by atoms with E-state index in [1.165, 1.54) is 17.8 Å². The zero-order valence-corrected chi connectivity index (χ0v) is 16.1. The Balaban J connectivity index is 1.70. The van der Waals surface area contributed by atoms with Crippen LogP contribution in [0.4, 0.5) is 10.1 Å². The average Bonchev–Trinajstić information content (AvgIpc) is 3.13. The second-order valence-corrected chi connectivity index (χ2v) is 7.78. The third-order valence-electron chi connectivity index (χ3n) is 4.73. The van der Waals surface area contributed by atoms with Gasteiger partial charge in [0.1, 0.15) is 12.0 Å². The Labute approximate surface area is 166 Å². The monoisotopic (exact) mass is 404 g/mol. The molecule has 8 heteroatoms. The summed E-state index contributed by atoms with van der Waals surface area (Å²) >= 11 is 7.61. The maximum absolute atomic E-state index is 14.0. The number of carbonyl (C=O) groups is 1. The van der Waals surface area contributed by atoms with Crippen molar-refractivity contribution >= 4 is 40.1 Å². The molecule has 2 heterocycles. The Kier molecular flexibility index (Phi) is 5.19. The zero-order chi connectivity index (χ0) is 19.0. The van der Waals surface area contributed by atoms with Crippen LogP contribution >= 0.6 is 23.4 Å². The van der Waals surface area contributed by atoms with Gasteiger partial charge in [-0.15, -0.1) is 0 Å². The number of nitrogens with one attached hydrogen (secondary N) is 2. The molecule has 5 nitrogen and oxygen atoms in total. The van der Waals surface area contributed by atoms with E-state index in [-0.39, 0.29) is 23.8 Å². The molecule has 2 N–H and O–H groups in total. The van der Waals surface area contributed by atoms with Gasteiger partial charge < -0.3 is 0 Å². The molecular weight excluding hydrogens is 387 g/mol. The highest BCUT2D eigenvalue weighted by Gasteiger charge is 2.42. The molecule has 27 heavy (non-hydrogen) atoms. The van der Waals surface area contributed by atoms with Gasteiger partial charge in [0.2, 0.25) is 5.91 Å². The molecule has 2 aromatic carbocycles. The largest absolute Gasteiger partial charge is 0.274 e. The summed E-state index contributed by atoms with van der Waals surface area (Å²) < 4.78 is 14.0. The number of benzene rings is 2. The topological polar surface area (TPSA) is 56.7 Å². The fourth-order valence-electron chi connectivity index (χ4n) is 3.19. The number of amides is 1. The number of hydrazine groups is 1. The van der Waals surface area contributed by atoms with Gasteiger partial charge >= 0.3 is 0 Å². The molecule has 0 aromatic heterocycles. The van der Waals surface area contributed by atoms with Crippen molar-refractivity contribution in [2.45, 2.75) is 18.8 Å². The number of amidine groups is 1. The first-order chi connectivity index (χ1) is 13.1. The maximum Gasteiger partial charge on any atom is 0.241 e. The number of carbonyl (C=O) groups excluding carboxylic acids is 1. The number of anilines is 1. The first-order valence-electron chi connectivity index (χ1n) is 8.57. The van der Waals surface area contributed by atoms with E-state index in [1.807, 2.05) is 19.1 Å². The van der Waals surface area contributed by atoms with Gasteiger partial charge in [0.25, 0.3) is 0 Å². The molecule has 0 bridgehead atoms. The first-order valence-corrected chi connectivity index (χ1v) is 9.94. The highest BCUT2D eigenvalue weighted by Crippen LogP contribution is 2.34. The Morgan fingerprint density at radius 3 is 2.93 bits per heavy atom. The Hall–Kier alpha value is -1.93. The molecule has 0 aliphatic carbocycles. The number of thioether (sulfide) groups is 1. The van der Waals surface area contributed by atoms with E-state index in [0.717, 1.165) is 5.56 Å². The summed E-state index contributed by atoms with van der Waals surface area (Å²) in [5, 5.41) is 1.12. The SMILES string of the molecule is Cc1c(Cl)cccc1N1C(=O)C2CNNC2N=C1SCc1ccccc1F. The standard InChI is InChI=1S/C19H18ClFN4OS/c1-11-14(20)6-4-8-16(11)25-18(26)13-9-22-24-17(13)23-19(25)27-10-12-5-2-3-7-15(12)21/h2-8,13,17,22,24H,9-10H2,1H3. The molecule has 2 aliphatic heterocycles. The number of halogens is 2. The fourth-order valence-corrected chi connectivity index (χ4v) is 4.38. The van der Waals surface area contributed by atoms with Crippen molar-refractivity contribution in [2.24, 2.45) is 10.9 Å². The summed E-state index contributed by atoms with van der Waals surface area (Å²) in [5.41, 5.74) is 8.11. The zero-order valence-electron chi connectivity index (χ0n) is 14.6. The van der Waals surface area contributed by atoms with Crippen LogP contribution in [0.2, 0.25) is 5.02 Å². The van der Waals surface area contributed by atoms with Gasteiger partial charge in [-0.25, -0.2) is 14.8 Å². The minimum absolute atomic E-state index is 0.0473. The van der Waals surface area contributed by atoms with Crippen molar-refractivity contribution in [1.29, 1.82) is 0 Å². The molecule has 0 radical (unpaired) electrons. The minimum Gasteiger partial charge on any atom is -0.274 e. The van der Waals surface area contributed by atoms with Gasteiger partial charge in [-0.2, -0.15) is 0 Å². The summed E-state index contributed by atoms with van der Waals surface area (Å²) in [4.78, 5) is 19.5. The van der Waals surface area contributed by atoms with Crippen LogP contribution in [-0.2, 0) is 10.5 Å². The third kappa shape index (κ3) is 3.48. The van der Waals surface area contributed by atoms with Gasteiger partial charge in [-0.3, -0.25) is 15.1 Å². The summed E-state index contributed by atoms with van der Waals surface area (Å²) in [6, 6.07) is 12.1. The lowest BCUT2D eigenvalue weighted by Crippen LogP contribution is -2.49. The van der Waals surface area contributed by atoms with E-state index >= 15 is 0 Å². The number of fused-ring (bicyclic) bond motifs is 1. The second kappa shape index (κ2) is 7.59. The second-order valence-electron chi connectivity index (χ2n) is 6.43. The van der Waals surface area contributed by atoms with Crippen LogP contribution in [0.25, 0.3) is 0 Å². The summed E-state index contributed by atoms with van der Waals surface area (Å²) in [6.45, 7) is 2.38. The molecular formula is C19H18ClFN4OS. The Bertz CT molecular complexity index is 922. The van der Waals surface area contributed by atoms with Crippen molar-refractivity contribution < 1.29 is 9.18 Å². The first kappa shape index (κ1) is 18.4. The van der Waals surface area contributed by atoms with Gasteiger partial charge in [-0.05, 0) is 36.2 Å². The van der Waals surface area contributed by atoms with Gasteiger partial charge in [0.05, 0.1) is 11.6 Å². The van der Waals surface area contributed by atoms with Crippen LogP contribution in [0.1, 0.15) is 11.1 Å². The van der Waals surface area contributed by atoms with E-state index < -0.39 is 0 Å². The van der Waals surface area contributed by atoms with Crippen LogP contribution < -0.4 is 15.8 Å². The minimum atomic E-state index is -0.323. The number of hydrogen-bond acceptors (Lipinski definition) is 5. The average molecular weight is 405 g/mol. The van der Waals surface area contributed by atoms with Gasteiger partial charge in [-0.1, -0.05) is 47.6 Å². The van der Waals surface area contributed by atoms with Crippen LogP contribution in [0, 0.1) is 18.7 Å². The fraction of sp³-hybridized carbons (Fsp3) is 0.263. The maximum atomic E-state index is 14.0. The van der Waals surface area contributed by atoms with Crippen molar-refractivity contribution in [3.8, 4) is 0 Å². The van der Waals surface area contributed by atoms with E-state index in [1.54, 1.807) is 29.2 Å². The number of aliphatic imine (C=N–C) groups is 1. The number of rotatable bonds is 3. The van der Waals surface area contributed by atoms with E-state index in [9.17, 15) is 9.18 Å². The van der Waals surface area contributed by atoms with Crippen molar-refractivity contribution in [3.05, 3.63) is 64.4 Å². The van der Waals surface area contributed by atoms with Crippen LogP contribution in [0.5, 0.6) is 0 Å². The molecule has 1 saturated heterocycles.